The normalized spacial score (nSPS) is 11.3. The highest BCUT2D eigenvalue weighted by Crippen LogP contribution is 2.26. The zero-order chi connectivity index (χ0) is 20.1. The molecule has 1 heterocycles. The average molecular weight is 392 g/mol. The Morgan fingerprint density at radius 3 is 2.43 bits per heavy atom. The second kappa shape index (κ2) is 8.12. The van der Waals surface area contributed by atoms with Crippen LogP contribution in [0.5, 0.6) is 11.5 Å². The summed E-state index contributed by atoms with van der Waals surface area (Å²) in [6, 6.07) is 12.7. The molecule has 3 rings (SSSR count). The lowest BCUT2D eigenvalue weighted by Gasteiger charge is -2.13. The molecule has 0 saturated carbocycles. The van der Waals surface area contributed by atoms with Crippen LogP contribution in [0.4, 0.5) is 24.5 Å². The van der Waals surface area contributed by atoms with Crippen molar-refractivity contribution in [2.24, 2.45) is 7.05 Å². The number of hydrogen-bond donors (Lipinski definition) is 2. The predicted octanol–water partition coefficient (Wildman–Crippen LogP) is 4.09. The van der Waals surface area contributed by atoms with E-state index in [0.717, 1.165) is 11.3 Å². The molecule has 3 N–H and O–H groups in total. The van der Waals surface area contributed by atoms with Gasteiger partial charge in [-0.3, -0.25) is 4.68 Å². The number of ether oxygens (including phenoxy) is 2. The van der Waals surface area contributed by atoms with Gasteiger partial charge in [-0.15, -0.1) is 13.2 Å². The lowest BCUT2D eigenvalue weighted by Crippen LogP contribution is -2.17. The Balaban J connectivity index is 1.59. The Kier molecular flexibility index (Phi) is 5.62. The molecule has 3 aromatic rings. The molecule has 0 bridgehead atoms. The minimum atomic E-state index is -4.70. The average Bonchev–Trinajstić information content (AvgIpc) is 3.05. The summed E-state index contributed by atoms with van der Waals surface area (Å²) in [6.45, 7) is 0.699. The quantitative estimate of drug-likeness (QED) is 0.593. The summed E-state index contributed by atoms with van der Waals surface area (Å²) in [4.78, 5) is 0. The van der Waals surface area contributed by atoms with Crippen molar-refractivity contribution in [3.8, 4) is 11.5 Å². The topological polar surface area (TPSA) is 74.3 Å². The van der Waals surface area contributed by atoms with E-state index in [1.807, 2.05) is 19.3 Å². The third kappa shape index (κ3) is 5.57. The molecule has 9 heteroatoms. The maximum atomic E-state index is 12.2. The smallest absolute Gasteiger partial charge is 0.487 e. The molecule has 0 atom stereocenters. The van der Waals surface area contributed by atoms with Gasteiger partial charge < -0.3 is 20.5 Å². The maximum absolute atomic E-state index is 12.2. The largest absolute Gasteiger partial charge is 0.573 e. The Labute approximate surface area is 159 Å². The minimum Gasteiger partial charge on any atom is -0.487 e. The van der Waals surface area contributed by atoms with Crippen LogP contribution in [0.15, 0.2) is 54.7 Å². The zero-order valence-electron chi connectivity index (χ0n) is 15.0. The van der Waals surface area contributed by atoms with Crippen LogP contribution in [-0.2, 0) is 20.2 Å². The van der Waals surface area contributed by atoms with Gasteiger partial charge in [0.15, 0.2) is 0 Å². The third-order valence-corrected chi connectivity index (χ3v) is 3.82. The number of aromatic nitrogens is 2. The SMILES string of the molecule is Cn1ccc(COc2ccc(N)c(NCc3ccc(OC(F)(F)F)cc3)c2)n1. The number of rotatable bonds is 7. The number of alkyl halides is 3. The molecule has 28 heavy (non-hydrogen) atoms. The molecular formula is C19H19F3N4O2. The molecular weight excluding hydrogens is 373 g/mol. The summed E-state index contributed by atoms with van der Waals surface area (Å²) < 4.78 is 47.9. The van der Waals surface area contributed by atoms with Crippen LogP contribution in [0, 0.1) is 0 Å². The summed E-state index contributed by atoms with van der Waals surface area (Å²) in [5.74, 6) is 0.358. The van der Waals surface area contributed by atoms with Crippen molar-refractivity contribution < 1.29 is 22.6 Å². The maximum Gasteiger partial charge on any atom is 0.573 e. The van der Waals surface area contributed by atoms with E-state index in [1.54, 1.807) is 35.0 Å². The number of benzene rings is 2. The number of anilines is 2. The number of aryl methyl sites for hydroxylation is 1. The van der Waals surface area contributed by atoms with Crippen LogP contribution < -0.4 is 20.5 Å². The monoisotopic (exact) mass is 392 g/mol. The molecule has 1 aromatic heterocycles. The van der Waals surface area contributed by atoms with Gasteiger partial charge in [-0.2, -0.15) is 5.10 Å². The van der Waals surface area contributed by atoms with Gasteiger partial charge in [-0.05, 0) is 35.9 Å². The summed E-state index contributed by atoms with van der Waals surface area (Å²) in [5, 5.41) is 7.39. The van der Waals surface area contributed by atoms with Crippen molar-refractivity contribution in [1.29, 1.82) is 0 Å². The van der Waals surface area contributed by atoms with Crippen molar-refractivity contribution in [2.75, 3.05) is 11.1 Å². The van der Waals surface area contributed by atoms with E-state index in [-0.39, 0.29) is 5.75 Å². The third-order valence-electron chi connectivity index (χ3n) is 3.82. The van der Waals surface area contributed by atoms with Gasteiger partial charge in [0.05, 0.1) is 17.1 Å². The van der Waals surface area contributed by atoms with Gasteiger partial charge in [0.2, 0.25) is 0 Å². The standard InChI is InChI=1S/C19H19F3N4O2/c1-26-9-8-14(25-26)12-27-16-6-7-17(23)18(10-16)24-11-13-2-4-15(5-3-13)28-19(20,21)22/h2-10,24H,11-12,23H2,1H3. The predicted molar refractivity (Wildman–Crippen MR) is 98.8 cm³/mol. The van der Waals surface area contributed by atoms with Crippen molar-refractivity contribution in [3.63, 3.8) is 0 Å². The molecule has 0 amide bonds. The molecule has 0 spiro atoms. The molecule has 0 saturated heterocycles. The molecule has 0 fully saturated rings. The lowest BCUT2D eigenvalue weighted by molar-refractivity contribution is -0.274. The second-order valence-corrected chi connectivity index (χ2v) is 6.06. The van der Waals surface area contributed by atoms with E-state index in [2.05, 4.69) is 15.2 Å². The van der Waals surface area contributed by atoms with E-state index < -0.39 is 6.36 Å². The Bertz CT molecular complexity index is 924. The van der Waals surface area contributed by atoms with Gasteiger partial charge in [0, 0.05) is 25.9 Å². The Hall–Kier alpha value is -3.36. The van der Waals surface area contributed by atoms with Gasteiger partial charge in [-0.1, -0.05) is 12.1 Å². The molecule has 6 nitrogen and oxygen atoms in total. The van der Waals surface area contributed by atoms with Gasteiger partial charge in [0.1, 0.15) is 18.1 Å². The van der Waals surface area contributed by atoms with Crippen LogP contribution in [0.2, 0.25) is 0 Å². The first-order valence-corrected chi connectivity index (χ1v) is 8.38. The molecule has 2 aromatic carbocycles. The summed E-state index contributed by atoms with van der Waals surface area (Å²) in [5.41, 5.74) is 8.74. The van der Waals surface area contributed by atoms with Crippen molar-refractivity contribution in [2.45, 2.75) is 19.5 Å². The number of hydrogen-bond acceptors (Lipinski definition) is 5. The minimum absolute atomic E-state index is 0.263. The van der Waals surface area contributed by atoms with Crippen LogP contribution in [0.3, 0.4) is 0 Å². The fraction of sp³-hybridized carbons (Fsp3) is 0.211. The van der Waals surface area contributed by atoms with E-state index in [4.69, 9.17) is 10.5 Å². The fourth-order valence-corrected chi connectivity index (χ4v) is 2.48. The van der Waals surface area contributed by atoms with Gasteiger partial charge in [-0.25, -0.2) is 0 Å². The van der Waals surface area contributed by atoms with Crippen LogP contribution in [-0.4, -0.2) is 16.1 Å². The summed E-state index contributed by atoms with van der Waals surface area (Å²) >= 11 is 0. The molecule has 0 unspecified atom stereocenters. The highest BCUT2D eigenvalue weighted by atomic mass is 19.4. The van der Waals surface area contributed by atoms with Crippen LogP contribution in [0.1, 0.15) is 11.3 Å². The molecule has 0 aliphatic carbocycles. The first-order valence-electron chi connectivity index (χ1n) is 8.38. The van der Waals surface area contributed by atoms with Crippen LogP contribution in [0.25, 0.3) is 0 Å². The summed E-state index contributed by atoms with van der Waals surface area (Å²) in [7, 11) is 1.83. The van der Waals surface area contributed by atoms with E-state index in [1.165, 1.54) is 12.1 Å². The molecule has 0 radical (unpaired) electrons. The van der Waals surface area contributed by atoms with Crippen molar-refractivity contribution in [3.05, 3.63) is 66.0 Å². The van der Waals surface area contributed by atoms with E-state index in [9.17, 15) is 13.2 Å². The zero-order valence-corrected chi connectivity index (χ0v) is 15.0. The highest BCUT2D eigenvalue weighted by Gasteiger charge is 2.30. The number of nitrogen functional groups attached to an aromatic ring is 1. The van der Waals surface area contributed by atoms with E-state index >= 15 is 0 Å². The Morgan fingerprint density at radius 1 is 1.07 bits per heavy atom. The summed E-state index contributed by atoms with van der Waals surface area (Å²) in [6.07, 6.45) is -2.87. The first-order chi connectivity index (χ1) is 13.3. The second-order valence-electron chi connectivity index (χ2n) is 6.06. The number of halogens is 3. The molecule has 148 valence electrons. The number of nitrogens with one attached hydrogen (secondary N) is 1. The van der Waals surface area contributed by atoms with E-state index in [0.29, 0.717) is 30.3 Å². The number of nitrogens with two attached hydrogens (primary N) is 1. The van der Waals surface area contributed by atoms with Gasteiger partial charge in [0.25, 0.3) is 0 Å². The van der Waals surface area contributed by atoms with Crippen LogP contribution >= 0.6 is 0 Å². The molecule has 0 aliphatic heterocycles. The van der Waals surface area contributed by atoms with Crippen molar-refractivity contribution in [1.82, 2.24) is 9.78 Å². The van der Waals surface area contributed by atoms with Gasteiger partial charge >= 0.3 is 6.36 Å². The Morgan fingerprint density at radius 2 is 1.79 bits per heavy atom. The van der Waals surface area contributed by atoms with Crippen molar-refractivity contribution >= 4 is 11.4 Å². The highest BCUT2D eigenvalue weighted by molar-refractivity contribution is 5.68. The lowest BCUT2D eigenvalue weighted by atomic mass is 10.2. The fourth-order valence-electron chi connectivity index (χ4n) is 2.48. The molecule has 0 aliphatic rings. The number of nitrogens with zero attached hydrogens (tertiary/aromatic N) is 2. The first kappa shape index (κ1) is 19.4.